The highest BCUT2D eigenvalue weighted by molar-refractivity contribution is 7.99. The lowest BCUT2D eigenvalue weighted by Crippen LogP contribution is -2.39. The van der Waals surface area contributed by atoms with Crippen LogP contribution in [0.5, 0.6) is 0 Å². The number of halogens is 4. The largest absolute Gasteiger partial charge is 0.385 e. The summed E-state index contributed by atoms with van der Waals surface area (Å²) in [6, 6.07) is -2.25. The Kier molecular flexibility index (Phi) is 20.3. The first-order valence-corrected chi connectivity index (χ1v) is 13.8. The summed E-state index contributed by atoms with van der Waals surface area (Å²) < 4.78 is 50.0. The summed E-state index contributed by atoms with van der Waals surface area (Å²) in [5.74, 6) is 0.298. The second-order valence-corrected chi connectivity index (χ2v) is 9.65. The molecule has 4 nitrogen and oxygen atoms in total. The summed E-state index contributed by atoms with van der Waals surface area (Å²) in [7, 11) is 3.19. The molecule has 3 fully saturated rings. The van der Waals surface area contributed by atoms with Crippen LogP contribution >= 0.6 is 11.8 Å². The zero-order valence-electron chi connectivity index (χ0n) is 22.3. The lowest BCUT2D eigenvalue weighted by Gasteiger charge is -2.23. The molecule has 3 aliphatic rings. The van der Waals surface area contributed by atoms with Crippen molar-refractivity contribution in [1.29, 1.82) is 0 Å². The van der Waals surface area contributed by atoms with E-state index in [0.29, 0.717) is 13.0 Å². The van der Waals surface area contributed by atoms with Crippen molar-refractivity contribution in [2.24, 2.45) is 0 Å². The van der Waals surface area contributed by atoms with E-state index in [2.05, 4.69) is 30.5 Å². The van der Waals surface area contributed by atoms with Gasteiger partial charge in [-0.3, -0.25) is 0 Å². The van der Waals surface area contributed by atoms with Gasteiger partial charge in [0.25, 0.3) is 0 Å². The van der Waals surface area contributed by atoms with Crippen molar-refractivity contribution in [3.05, 3.63) is 0 Å². The van der Waals surface area contributed by atoms with E-state index in [1.807, 2.05) is 39.6 Å². The number of likely N-dealkylation sites (N-methyl/N-ethyl adjacent to an activating group) is 1. The van der Waals surface area contributed by atoms with E-state index in [1.165, 1.54) is 38.1 Å². The van der Waals surface area contributed by atoms with Crippen LogP contribution in [0.4, 0.5) is 17.6 Å². The van der Waals surface area contributed by atoms with Crippen LogP contribution < -0.4 is 0 Å². The molecule has 3 aliphatic heterocycles. The van der Waals surface area contributed by atoms with Gasteiger partial charge in [0.2, 0.25) is 5.92 Å². The summed E-state index contributed by atoms with van der Waals surface area (Å²) in [6.07, 6.45) is 0.805. The van der Waals surface area contributed by atoms with Gasteiger partial charge in [0.05, 0.1) is 0 Å². The van der Waals surface area contributed by atoms with Crippen LogP contribution in [0.15, 0.2) is 0 Å². The van der Waals surface area contributed by atoms with Crippen LogP contribution in [0.3, 0.4) is 0 Å². The molecule has 9 heteroatoms. The number of hydrogen-bond donors (Lipinski definition) is 1. The van der Waals surface area contributed by atoms with E-state index in [1.54, 1.807) is 0 Å². The lowest BCUT2D eigenvalue weighted by atomic mass is 10.1. The predicted molar refractivity (Wildman–Crippen MR) is 136 cm³/mol. The Morgan fingerprint density at radius 3 is 1.88 bits per heavy atom. The van der Waals surface area contributed by atoms with Gasteiger partial charge in [-0.25, -0.2) is 13.7 Å². The normalized spacial score (nSPS) is 25.5. The highest BCUT2D eigenvalue weighted by Crippen LogP contribution is 2.30. The minimum atomic E-state index is -3.00. The maximum atomic E-state index is 12.6. The Bertz CT molecular complexity index is 439. The Labute approximate surface area is 205 Å². The third-order valence-corrected chi connectivity index (χ3v) is 6.63. The molecule has 0 bridgehead atoms. The third kappa shape index (κ3) is 15.5. The van der Waals surface area contributed by atoms with Crippen molar-refractivity contribution in [3.8, 4) is 0 Å². The van der Waals surface area contributed by atoms with E-state index in [0.717, 1.165) is 17.5 Å². The van der Waals surface area contributed by atoms with E-state index in [4.69, 9.17) is 5.11 Å². The Balaban J connectivity index is 0. The summed E-state index contributed by atoms with van der Waals surface area (Å²) in [4.78, 5) is 5.39. The fourth-order valence-electron chi connectivity index (χ4n) is 3.37. The van der Waals surface area contributed by atoms with Gasteiger partial charge in [0.1, 0.15) is 6.10 Å². The number of nitrogens with zero attached hydrogens (tertiary/aromatic N) is 3. The maximum Gasteiger partial charge on any atom is 0.330 e. The van der Waals surface area contributed by atoms with Crippen LogP contribution in [0.2, 0.25) is 0 Å². The fraction of sp³-hybridized carbons (Fsp3) is 1.00. The van der Waals surface area contributed by atoms with Crippen molar-refractivity contribution in [1.82, 2.24) is 14.7 Å². The number of likely N-dealkylation sites (tertiary alicyclic amines) is 2. The van der Waals surface area contributed by atoms with Gasteiger partial charge in [-0.2, -0.15) is 20.5 Å². The van der Waals surface area contributed by atoms with Crippen molar-refractivity contribution >= 4 is 11.8 Å². The molecule has 33 heavy (non-hydrogen) atoms. The maximum absolute atomic E-state index is 12.6. The monoisotopic (exact) mass is 505 g/mol. The number of hydrogen-bond acceptors (Lipinski definition) is 5. The molecule has 0 aromatic carbocycles. The van der Waals surface area contributed by atoms with Crippen LogP contribution in [0.1, 0.15) is 73.6 Å². The molecule has 0 amide bonds. The third-order valence-electron chi connectivity index (χ3n) is 5.58. The number of alkyl halides is 4. The molecule has 3 heterocycles. The molecule has 0 aromatic heterocycles. The summed E-state index contributed by atoms with van der Waals surface area (Å²) >= 11 is 2.10. The topological polar surface area (TPSA) is 30.0 Å². The first-order chi connectivity index (χ1) is 15.5. The second kappa shape index (κ2) is 19.1. The van der Waals surface area contributed by atoms with Crippen LogP contribution in [0.25, 0.3) is 0 Å². The van der Waals surface area contributed by atoms with Crippen LogP contribution in [-0.2, 0) is 0 Å². The van der Waals surface area contributed by atoms with E-state index in [-0.39, 0.29) is 25.8 Å². The molecule has 0 saturated carbocycles. The molecule has 0 aliphatic carbocycles. The standard InChI is InChI=1S/C8H17NS.C7H13F2N.C5H9F2NO.2C2H6/c1-8(2)9-4-3-6-10-7-5-9;1-10-5-2-3-7(8,9)4-6-10;1-8-3-2-4(9)5(8,6)7;2*1-2/h8H,3-7H2,1-2H3;2-6H2,1H3;4,9H,2-3H2,1H3;2*1-2H3. The quantitative estimate of drug-likeness (QED) is 0.354. The highest BCUT2D eigenvalue weighted by Gasteiger charge is 2.47. The summed E-state index contributed by atoms with van der Waals surface area (Å²) in [5.41, 5.74) is 0. The summed E-state index contributed by atoms with van der Waals surface area (Å²) in [5, 5.41) is 8.64. The van der Waals surface area contributed by atoms with Gasteiger partial charge in [-0.15, -0.1) is 0 Å². The number of aliphatic hydroxyl groups excluding tert-OH is 1. The number of thioether (sulfide) groups is 1. The number of aliphatic hydroxyl groups is 1. The molecule has 3 rings (SSSR count). The van der Waals surface area contributed by atoms with Crippen molar-refractivity contribution in [2.45, 2.75) is 97.8 Å². The first-order valence-electron chi connectivity index (χ1n) is 12.6. The van der Waals surface area contributed by atoms with Gasteiger partial charge in [-0.1, -0.05) is 27.7 Å². The second-order valence-electron chi connectivity index (χ2n) is 8.42. The van der Waals surface area contributed by atoms with Gasteiger partial charge >= 0.3 is 6.05 Å². The minimum Gasteiger partial charge on any atom is -0.385 e. The fourth-order valence-corrected chi connectivity index (χ4v) is 4.27. The molecule has 0 radical (unpaired) electrons. The van der Waals surface area contributed by atoms with E-state index >= 15 is 0 Å². The molecule has 0 spiro atoms. The molecular formula is C24H51F4N3OS. The molecule has 1 atom stereocenters. The van der Waals surface area contributed by atoms with E-state index in [9.17, 15) is 17.6 Å². The lowest BCUT2D eigenvalue weighted by molar-refractivity contribution is -0.166. The Morgan fingerprint density at radius 2 is 1.42 bits per heavy atom. The highest BCUT2D eigenvalue weighted by atomic mass is 32.2. The molecule has 3 saturated heterocycles. The smallest absolute Gasteiger partial charge is 0.330 e. The first kappa shape index (κ1) is 35.1. The summed E-state index contributed by atoms with van der Waals surface area (Å²) in [6.45, 7) is 16.8. The van der Waals surface area contributed by atoms with Gasteiger partial charge in [-0.05, 0) is 66.0 Å². The van der Waals surface area contributed by atoms with Gasteiger partial charge in [0, 0.05) is 44.3 Å². The van der Waals surface area contributed by atoms with Crippen LogP contribution in [-0.4, -0.2) is 102 Å². The molecular weight excluding hydrogens is 454 g/mol. The van der Waals surface area contributed by atoms with E-state index < -0.39 is 18.1 Å². The average Bonchev–Trinajstić information content (AvgIpc) is 3.04. The van der Waals surface area contributed by atoms with Crippen molar-refractivity contribution < 1.29 is 22.7 Å². The molecule has 0 aromatic rings. The predicted octanol–water partition coefficient (Wildman–Crippen LogP) is 5.90. The van der Waals surface area contributed by atoms with Gasteiger partial charge in [0.15, 0.2) is 0 Å². The van der Waals surface area contributed by atoms with Crippen LogP contribution in [0, 0.1) is 0 Å². The molecule has 1 N–H and O–H groups in total. The SMILES string of the molecule is CC.CC.CC(C)N1CCCSCC1.CN1CCC(O)C1(F)F.CN1CCCC(F)(F)CC1. The Morgan fingerprint density at radius 1 is 0.818 bits per heavy atom. The van der Waals surface area contributed by atoms with Crippen molar-refractivity contribution in [2.75, 3.05) is 58.3 Å². The minimum absolute atomic E-state index is 0.0312. The zero-order chi connectivity index (χ0) is 26.1. The zero-order valence-corrected chi connectivity index (χ0v) is 23.2. The molecule has 1 unspecified atom stereocenters. The molecule has 202 valence electrons. The average molecular weight is 506 g/mol. The number of rotatable bonds is 1. The van der Waals surface area contributed by atoms with Gasteiger partial charge < -0.3 is 14.9 Å². The van der Waals surface area contributed by atoms with Crippen molar-refractivity contribution in [3.63, 3.8) is 0 Å². The Hall–Kier alpha value is -0.0900.